The van der Waals surface area contributed by atoms with E-state index in [0.29, 0.717) is 5.02 Å². The van der Waals surface area contributed by atoms with Crippen molar-refractivity contribution in [3.63, 3.8) is 0 Å². The van der Waals surface area contributed by atoms with Crippen molar-refractivity contribution >= 4 is 17.3 Å². The summed E-state index contributed by atoms with van der Waals surface area (Å²) in [7, 11) is 0. The fourth-order valence-electron chi connectivity index (χ4n) is 1.84. The predicted molar refractivity (Wildman–Crippen MR) is 78.4 cm³/mol. The third-order valence-electron chi connectivity index (χ3n) is 3.13. The normalized spacial score (nSPS) is 10.3. The van der Waals surface area contributed by atoms with E-state index in [1.165, 1.54) is 6.07 Å². The molecule has 0 heterocycles. The lowest BCUT2D eigenvalue weighted by molar-refractivity contribution is -0.386. The van der Waals surface area contributed by atoms with Crippen LogP contribution in [0.25, 0.3) is 0 Å². The summed E-state index contributed by atoms with van der Waals surface area (Å²) >= 11 is 6.18. The van der Waals surface area contributed by atoms with Crippen LogP contribution in [0.3, 0.4) is 0 Å². The quantitative estimate of drug-likeness (QED) is 0.618. The Balaban J connectivity index is 2.35. The number of hydrogen-bond donors (Lipinski definition) is 0. The fraction of sp³-hybridized carbons (Fsp3) is 0.200. The number of nitrogens with zero attached hydrogens (tertiary/aromatic N) is 1. The van der Waals surface area contributed by atoms with E-state index in [-0.39, 0.29) is 18.0 Å². The SMILES string of the molecule is Cc1cc([N+](=O)[O-])c(OCc2ccccc2)c(Cl)c1C. The second-order valence-corrected chi connectivity index (χ2v) is 4.89. The molecule has 0 spiro atoms. The van der Waals surface area contributed by atoms with E-state index >= 15 is 0 Å². The summed E-state index contributed by atoms with van der Waals surface area (Å²) in [5.41, 5.74) is 2.39. The molecule has 0 radical (unpaired) electrons. The molecule has 0 aliphatic heterocycles. The number of rotatable bonds is 4. The monoisotopic (exact) mass is 291 g/mol. The Morgan fingerprint density at radius 1 is 1.25 bits per heavy atom. The van der Waals surface area contributed by atoms with E-state index in [9.17, 15) is 10.1 Å². The summed E-state index contributed by atoms with van der Waals surface area (Å²) in [5.74, 6) is 0.128. The lowest BCUT2D eigenvalue weighted by Gasteiger charge is -2.12. The molecule has 0 unspecified atom stereocenters. The highest BCUT2D eigenvalue weighted by Crippen LogP contribution is 2.39. The molecule has 0 aliphatic carbocycles. The van der Waals surface area contributed by atoms with Gasteiger partial charge in [0.15, 0.2) is 0 Å². The Bertz CT molecular complexity index is 641. The van der Waals surface area contributed by atoms with Gasteiger partial charge in [-0.15, -0.1) is 0 Å². The topological polar surface area (TPSA) is 52.4 Å². The minimum absolute atomic E-state index is 0.103. The van der Waals surface area contributed by atoms with E-state index in [0.717, 1.165) is 16.7 Å². The van der Waals surface area contributed by atoms with Gasteiger partial charge in [-0.1, -0.05) is 41.9 Å². The van der Waals surface area contributed by atoms with Crippen LogP contribution in [0.15, 0.2) is 36.4 Å². The molecule has 0 saturated heterocycles. The highest BCUT2D eigenvalue weighted by molar-refractivity contribution is 6.33. The first kappa shape index (κ1) is 14.3. The number of nitro groups is 1. The van der Waals surface area contributed by atoms with E-state index < -0.39 is 4.92 Å². The van der Waals surface area contributed by atoms with Crippen molar-refractivity contribution in [3.05, 3.63) is 68.2 Å². The van der Waals surface area contributed by atoms with Crippen molar-refractivity contribution < 1.29 is 9.66 Å². The van der Waals surface area contributed by atoms with Gasteiger partial charge in [-0.3, -0.25) is 10.1 Å². The summed E-state index contributed by atoms with van der Waals surface area (Å²) in [6.45, 7) is 3.84. The van der Waals surface area contributed by atoms with E-state index in [2.05, 4.69) is 0 Å². The average Bonchev–Trinajstić information content (AvgIpc) is 2.44. The zero-order valence-corrected chi connectivity index (χ0v) is 12.0. The number of ether oxygens (including phenoxy) is 1. The maximum Gasteiger partial charge on any atom is 0.312 e. The van der Waals surface area contributed by atoms with Gasteiger partial charge in [-0.05, 0) is 30.5 Å². The summed E-state index contributed by atoms with van der Waals surface area (Å²) in [6, 6.07) is 10.9. The zero-order chi connectivity index (χ0) is 14.7. The van der Waals surface area contributed by atoms with E-state index in [4.69, 9.17) is 16.3 Å². The summed E-state index contributed by atoms with van der Waals surface area (Å²) in [5, 5.41) is 11.4. The maximum absolute atomic E-state index is 11.1. The van der Waals surface area contributed by atoms with Crippen LogP contribution in [0.5, 0.6) is 5.75 Å². The van der Waals surface area contributed by atoms with Gasteiger partial charge in [0, 0.05) is 6.07 Å². The molecule has 2 aromatic rings. The van der Waals surface area contributed by atoms with Crippen LogP contribution in [-0.2, 0) is 6.61 Å². The van der Waals surface area contributed by atoms with Gasteiger partial charge in [0.2, 0.25) is 5.75 Å². The lowest BCUT2D eigenvalue weighted by atomic mass is 10.1. The van der Waals surface area contributed by atoms with Crippen LogP contribution in [0, 0.1) is 24.0 Å². The van der Waals surface area contributed by atoms with Gasteiger partial charge in [-0.2, -0.15) is 0 Å². The Morgan fingerprint density at radius 3 is 2.50 bits per heavy atom. The Hall–Kier alpha value is -2.07. The van der Waals surface area contributed by atoms with Crippen molar-refractivity contribution in [2.24, 2.45) is 0 Å². The second kappa shape index (κ2) is 5.92. The van der Waals surface area contributed by atoms with Crippen LogP contribution in [0.4, 0.5) is 5.69 Å². The molecule has 2 aromatic carbocycles. The standard InChI is InChI=1S/C15H14ClNO3/c1-10-8-13(17(18)19)15(14(16)11(10)2)20-9-12-6-4-3-5-7-12/h3-8H,9H2,1-2H3. The van der Waals surface area contributed by atoms with Crippen molar-refractivity contribution in [1.29, 1.82) is 0 Å². The molecular weight excluding hydrogens is 278 g/mol. The average molecular weight is 292 g/mol. The van der Waals surface area contributed by atoms with Crippen LogP contribution < -0.4 is 4.74 Å². The summed E-state index contributed by atoms with van der Waals surface area (Å²) in [4.78, 5) is 10.6. The summed E-state index contributed by atoms with van der Waals surface area (Å²) < 4.78 is 5.58. The second-order valence-electron chi connectivity index (χ2n) is 4.51. The fourth-order valence-corrected chi connectivity index (χ4v) is 2.14. The largest absolute Gasteiger partial charge is 0.481 e. The lowest BCUT2D eigenvalue weighted by Crippen LogP contribution is -2.01. The highest BCUT2D eigenvalue weighted by atomic mass is 35.5. The van der Waals surface area contributed by atoms with Crippen LogP contribution in [0.2, 0.25) is 5.02 Å². The van der Waals surface area contributed by atoms with Crippen LogP contribution in [-0.4, -0.2) is 4.92 Å². The number of halogens is 1. The van der Waals surface area contributed by atoms with E-state index in [1.54, 1.807) is 6.92 Å². The van der Waals surface area contributed by atoms with Gasteiger partial charge in [0.25, 0.3) is 0 Å². The minimum Gasteiger partial charge on any atom is -0.481 e. The highest BCUT2D eigenvalue weighted by Gasteiger charge is 2.22. The predicted octanol–water partition coefficient (Wildman–Crippen LogP) is 4.44. The molecular formula is C15H14ClNO3. The van der Waals surface area contributed by atoms with Gasteiger partial charge in [0.05, 0.1) is 9.95 Å². The van der Waals surface area contributed by atoms with Crippen molar-refractivity contribution in [2.45, 2.75) is 20.5 Å². The van der Waals surface area contributed by atoms with Crippen LogP contribution in [0.1, 0.15) is 16.7 Å². The third kappa shape index (κ3) is 2.91. The number of aryl methyl sites for hydroxylation is 1. The van der Waals surface area contributed by atoms with Crippen LogP contribution >= 0.6 is 11.6 Å². The molecule has 0 saturated carbocycles. The van der Waals surface area contributed by atoms with Gasteiger partial charge in [-0.25, -0.2) is 0 Å². The van der Waals surface area contributed by atoms with Gasteiger partial charge < -0.3 is 4.74 Å². The molecule has 0 fully saturated rings. The van der Waals surface area contributed by atoms with E-state index in [1.807, 2.05) is 37.3 Å². The molecule has 0 N–H and O–H groups in total. The molecule has 20 heavy (non-hydrogen) atoms. The molecule has 0 bridgehead atoms. The minimum atomic E-state index is -0.474. The number of nitro benzene ring substituents is 1. The molecule has 5 heteroatoms. The van der Waals surface area contributed by atoms with Crippen molar-refractivity contribution in [2.75, 3.05) is 0 Å². The van der Waals surface area contributed by atoms with Crippen molar-refractivity contribution in [3.8, 4) is 5.75 Å². The maximum atomic E-state index is 11.1. The number of hydrogen-bond acceptors (Lipinski definition) is 3. The van der Waals surface area contributed by atoms with Gasteiger partial charge >= 0.3 is 5.69 Å². The molecule has 0 amide bonds. The number of benzene rings is 2. The molecule has 104 valence electrons. The third-order valence-corrected chi connectivity index (χ3v) is 3.58. The smallest absolute Gasteiger partial charge is 0.312 e. The molecule has 0 aliphatic rings. The molecule has 0 aromatic heterocycles. The zero-order valence-electron chi connectivity index (χ0n) is 11.2. The van der Waals surface area contributed by atoms with Gasteiger partial charge in [0.1, 0.15) is 6.61 Å². The Kier molecular flexibility index (Phi) is 4.25. The van der Waals surface area contributed by atoms with Crippen molar-refractivity contribution in [1.82, 2.24) is 0 Å². The Labute approximate surface area is 122 Å². The summed E-state index contributed by atoms with van der Waals surface area (Å²) in [6.07, 6.45) is 0. The Morgan fingerprint density at radius 2 is 1.90 bits per heavy atom. The first-order valence-corrected chi connectivity index (χ1v) is 6.49. The molecule has 4 nitrogen and oxygen atoms in total. The first-order valence-electron chi connectivity index (χ1n) is 6.11. The molecule has 0 atom stereocenters. The molecule has 2 rings (SSSR count). The first-order chi connectivity index (χ1) is 9.50.